The predicted molar refractivity (Wildman–Crippen MR) is 129 cm³/mol. The van der Waals surface area contributed by atoms with Gasteiger partial charge in [0.15, 0.2) is 5.82 Å². The fourth-order valence-electron chi connectivity index (χ4n) is 3.96. The number of benzene rings is 2. The summed E-state index contributed by atoms with van der Waals surface area (Å²) in [4.78, 5) is 14.4. The van der Waals surface area contributed by atoms with Crippen molar-refractivity contribution in [1.29, 1.82) is 0 Å². The molecule has 6 N–H and O–H groups in total. The van der Waals surface area contributed by atoms with E-state index in [1.54, 1.807) is 30.3 Å². The number of carbonyl (C=O) groups excluding carboxylic acids is 1. The molecule has 9 nitrogen and oxygen atoms in total. The van der Waals surface area contributed by atoms with Gasteiger partial charge in [-0.05, 0) is 49.7 Å². The second-order valence-corrected chi connectivity index (χ2v) is 8.57. The van der Waals surface area contributed by atoms with Gasteiger partial charge in [-0.2, -0.15) is 5.10 Å². The Morgan fingerprint density at radius 1 is 1.24 bits per heavy atom. The molecule has 4 rings (SSSR count). The molecule has 1 amide bonds. The fraction of sp³-hybridized carbons (Fsp3) is 0.304. The number of nitrogens with one attached hydrogen (secondary N) is 3. The zero-order valence-corrected chi connectivity index (χ0v) is 19.2. The summed E-state index contributed by atoms with van der Waals surface area (Å²) in [6.45, 7) is 6.02. The average molecular weight is 471 g/mol. The van der Waals surface area contributed by atoms with Gasteiger partial charge in [-0.1, -0.05) is 23.7 Å². The number of carbonyl (C=O) groups is 1. The highest BCUT2D eigenvalue weighted by molar-refractivity contribution is 6.33. The smallest absolute Gasteiger partial charge is 0.256 e. The maximum Gasteiger partial charge on any atom is 0.256 e. The number of phenolic OH excluding ortho intramolecular Hbond substituents is 1. The van der Waals surface area contributed by atoms with E-state index in [9.17, 15) is 9.90 Å². The molecule has 2 heterocycles. The number of nitrogens with two attached hydrogens (primary N) is 1. The van der Waals surface area contributed by atoms with Crippen molar-refractivity contribution in [1.82, 2.24) is 10.2 Å². The number of primary amides is 1. The molecule has 2 aromatic carbocycles. The first-order chi connectivity index (χ1) is 15.8. The van der Waals surface area contributed by atoms with Crippen molar-refractivity contribution in [3.63, 3.8) is 0 Å². The van der Waals surface area contributed by atoms with Gasteiger partial charge in [0.25, 0.3) is 5.91 Å². The molecule has 2 unspecified atom stereocenters. The molecule has 1 aromatic heterocycles. The van der Waals surface area contributed by atoms with Crippen molar-refractivity contribution in [2.75, 3.05) is 28.6 Å². The number of hydrogen-bond donors (Lipinski definition) is 5. The third-order valence-electron chi connectivity index (χ3n) is 5.39. The van der Waals surface area contributed by atoms with Crippen molar-refractivity contribution in [3.8, 4) is 5.75 Å². The minimum Gasteiger partial charge on any atom is -0.508 e. The number of hydrogen-bond acceptors (Lipinski definition) is 7. The summed E-state index contributed by atoms with van der Waals surface area (Å²) in [5.74, 6) is 0.258. The first kappa shape index (κ1) is 22.8. The fourth-order valence-corrected chi connectivity index (χ4v) is 4.26. The van der Waals surface area contributed by atoms with Crippen LogP contribution in [0.5, 0.6) is 5.75 Å². The maximum atomic E-state index is 12.1. The van der Waals surface area contributed by atoms with Crippen LogP contribution in [-0.2, 0) is 11.3 Å². The van der Waals surface area contributed by atoms with Gasteiger partial charge in [0, 0.05) is 25.3 Å². The summed E-state index contributed by atoms with van der Waals surface area (Å²) < 4.78 is 5.80. The summed E-state index contributed by atoms with van der Waals surface area (Å²) in [6.07, 6.45) is 0.247. The average Bonchev–Trinajstić information content (AvgIpc) is 3.15. The van der Waals surface area contributed by atoms with Crippen LogP contribution in [0.1, 0.15) is 29.8 Å². The molecule has 0 saturated carbocycles. The van der Waals surface area contributed by atoms with Crippen molar-refractivity contribution >= 4 is 40.5 Å². The molecule has 0 bridgehead atoms. The van der Waals surface area contributed by atoms with E-state index in [0.29, 0.717) is 28.9 Å². The topological polar surface area (TPSA) is 129 Å². The number of anilines is 4. The molecular formula is C23H27ClN6O3. The number of nitrogens with zero attached hydrogens (tertiary/aromatic N) is 2. The molecule has 1 aliphatic heterocycles. The lowest BCUT2D eigenvalue weighted by Gasteiger charge is -2.37. The molecule has 10 heteroatoms. The molecule has 0 aliphatic carbocycles. The lowest BCUT2D eigenvalue weighted by atomic mass is 10.2. The minimum atomic E-state index is -0.626. The Morgan fingerprint density at radius 2 is 1.94 bits per heavy atom. The third-order valence-corrected chi connectivity index (χ3v) is 5.69. The Bertz CT molecular complexity index is 1120. The second kappa shape index (κ2) is 9.60. The van der Waals surface area contributed by atoms with Crippen LogP contribution in [-0.4, -0.2) is 46.5 Å². The standard InChI is InChI=1S/C23H27ClN6O3/c1-13-11-30(12-14(2)33-13)19-8-5-16(9-18(19)24)27-23-20(21(25)32)22(28-29-23)26-10-15-3-6-17(31)7-4-15/h3-9,13-14,31H,10-12H2,1-2H3,(H2,25,32)(H3,26,27,28,29). The first-order valence-electron chi connectivity index (χ1n) is 10.7. The number of H-pyrrole nitrogens is 1. The number of amides is 1. The summed E-state index contributed by atoms with van der Waals surface area (Å²) in [5.41, 5.74) is 8.37. The summed E-state index contributed by atoms with van der Waals surface area (Å²) >= 11 is 6.59. The molecule has 3 aromatic rings. The molecule has 1 fully saturated rings. The number of aromatic nitrogens is 2. The van der Waals surface area contributed by atoms with Crippen LogP contribution in [0.15, 0.2) is 42.5 Å². The van der Waals surface area contributed by atoms with Gasteiger partial charge < -0.3 is 31.1 Å². The lowest BCUT2D eigenvalue weighted by molar-refractivity contribution is -0.00521. The second-order valence-electron chi connectivity index (χ2n) is 8.16. The molecule has 174 valence electrons. The first-order valence-corrected chi connectivity index (χ1v) is 11.0. The van der Waals surface area contributed by atoms with Gasteiger partial charge in [0.1, 0.15) is 17.1 Å². The van der Waals surface area contributed by atoms with E-state index >= 15 is 0 Å². The number of rotatable bonds is 7. The largest absolute Gasteiger partial charge is 0.508 e. The summed E-state index contributed by atoms with van der Waals surface area (Å²) in [5, 5.41) is 23.3. The Balaban J connectivity index is 1.50. The molecule has 2 atom stereocenters. The van der Waals surface area contributed by atoms with Crippen molar-refractivity contribution in [2.45, 2.75) is 32.6 Å². The van der Waals surface area contributed by atoms with Gasteiger partial charge in [0.05, 0.1) is 22.9 Å². The van der Waals surface area contributed by atoms with E-state index in [1.165, 1.54) is 0 Å². The number of aromatic hydroxyl groups is 1. The Labute approximate surface area is 196 Å². The van der Waals surface area contributed by atoms with E-state index in [4.69, 9.17) is 22.1 Å². The van der Waals surface area contributed by atoms with Gasteiger partial charge in [-0.15, -0.1) is 0 Å². The number of phenols is 1. The highest BCUT2D eigenvalue weighted by atomic mass is 35.5. The highest BCUT2D eigenvalue weighted by Gasteiger charge is 2.24. The van der Waals surface area contributed by atoms with Crippen LogP contribution in [0.2, 0.25) is 5.02 Å². The van der Waals surface area contributed by atoms with E-state index in [-0.39, 0.29) is 23.5 Å². The lowest BCUT2D eigenvalue weighted by Crippen LogP contribution is -2.45. The van der Waals surface area contributed by atoms with Gasteiger partial charge in [0.2, 0.25) is 0 Å². The molecule has 33 heavy (non-hydrogen) atoms. The van der Waals surface area contributed by atoms with E-state index < -0.39 is 5.91 Å². The summed E-state index contributed by atoms with van der Waals surface area (Å²) in [7, 11) is 0. The number of aromatic amines is 1. The Hall–Kier alpha value is -3.43. The van der Waals surface area contributed by atoms with Crippen molar-refractivity contribution < 1.29 is 14.6 Å². The maximum absolute atomic E-state index is 12.1. The molecule has 0 radical (unpaired) electrons. The quantitative estimate of drug-likeness (QED) is 0.355. The zero-order chi connectivity index (χ0) is 23.5. The Morgan fingerprint density at radius 3 is 2.58 bits per heavy atom. The zero-order valence-electron chi connectivity index (χ0n) is 18.4. The van der Waals surface area contributed by atoms with Crippen molar-refractivity contribution in [3.05, 3.63) is 58.6 Å². The number of halogens is 1. The van der Waals surface area contributed by atoms with Gasteiger partial charge >= 0.3 is 0 Å². The SMILES string of the molecule is CC1CN(c2ccc(Nc3[nH]nc(NCc4ccc(O)cc4)c3C(N)=O)cc2Cl)CC(C)O1. The van der Waals surface area contributed by atoms with Crippen molar-refractivity contribution in [2.24, 2.45) is 5.73 Å². The van der Waals surface area contributed by atoms with Crippen LogP contribution in [0, 0.1) is 0 Å². The van der Waals surface area contributed by atoms with Crippen LogP contribution in [0.4, 0.5) is 23.0 Å². The van der Waals surface area contributed by atoms with Crippen LogP contribution < -0.4 is 21.3 Å². The molecule has 1 saturated heterocycles. The van der Waals surface area contributed by atoms with Crippen LogP contribution in [0.3, 0.4) is 0 Å². The van der Waals surface area contributed by atoms with Gasteiger partial charge in [-0.25, -0.2) is 0 Å². The molecular weight excluding hydrogens is 444 g/mol. The normalized spacial score (nSPS) is 18.2. The highest BCUT2D eigenvalue weighted by Crippen LogP contribution is 2.33. The van der Waals surface area contributed by atoms with Crippen LogP contribution >= 0.6 is 11.6 Å². The van der Waals surface area contributed by atoms with Gasteiger partial charge in [-0.3, -0.25) is 9.89 Å². The third kappa shape index (κ3) is 5.32. The molecule has 0 spiro atoms. The number of ether oxygens (including phenoxy) is 1. The van der Waals surface area contributed by atoms with E-state index in [1.807, 2.05) is 26.0 Å². The van der Waals surface area contributed by atoms with E-state index in [0.717, 1.165) is 24.3 Å². The summed E-state index contributed by atoms with van der Waals surface area (Å²) in [6, 6.07) is 12.4. The Kier molecular flexibility index (Phi) is 6.62. The monoisotopic (exact) mass is 470 g/mol. The van der Waals surface area contributed by atoms with Crippen LogP contribution in [0.25, 0.3) is 0 Å². The number of morpholine rings is 1. The van der Waals surface area contributed by atoms with E-state index in [2.05, 4.69) is 25.7 Å². The minimum absolute atomic E-state index is 0.123. The molecule has 1 aliphatic rings. The predicted octanol–water partition coefficient (Wildman–Crippen LogP) is 3.84.